The Morgan fingerprint density at radius 2 is 2.36 bits per heavy atom. The Morgan fingerprint density at radius 1 is 1.57 bits per heavy atom. The fourth-order valence-corrected chi connectivity index (χ4v) is 2.67. The monoisotopic (exact) mass is 212 g/mol. The van der Waals surface area contributed by atoms with Gasteiger partial charge in [0.2, 0.25) is 0 Å². The predicted octanol–water partition coefficient (Wildman–Crippen LogP) is 2.63. The van der Waals surface area contributed by atoms with E-state index in [9.17, 15) is 0 Å². The van der Waals surface area contributed by atoms with Gasteiger partial charge in [-0.25, -0.2) is 4.98 Å². The molecule has 14 heavy (non-hydrogen) atoms. The van der Waals surface area contributed by atoms with E-state index in [0.29, 0.717) is 0 Å². The summed E-state index contributed by atoms with van der Waals surface area (Å²) in [7, 11) is 2.03. The van der Waals surface area contributed by atoms with E-state index in [-0.39, 0.29) is 0 Å². The average Bonchev–Trinajstić information content (AvgIpc) is 2.52. The second kappa shape index (κ2) is 6.14. The second-order valence-electron chi connectivity index (χ2n) is 3.76. The Kier molecular flexibility index (Phi) is 5.12. The van der Waals surface area contributed by atoms with Crippen LogP contribution >= 0.6 is 11.3 Å². The Hall–Kier alpha value is -0.410. The summed E-state index contributed by atoms with van der Waals surface area (Å²) < 4.78 is 0. The Labute approximate surface area is 90.8 Å². The summed E-state index contributed by atoms with van der Waals surface area (Å²) in [6, 6.07) is 0. The normalized spacial score (nSPS) is 13.1. The van der Waals surface area contributed by atoms with Crippen molar-refractivity contribution in [1.82, 2.24) is 10.3 Å². The summed E-state index contributed by atoms with van der Waals surface area (Å²) in [5.74, 6) is 0.768. The van der Waals surface area contributed by atoms with Gasteiger partial charge in [-0.3, -0.25) is 0 Å². The smallest absolute Gasteiger partial charge is 0.0896 e. The Balaban J connectivity index is 2.46. The van der Waals surface area contributed by atoms with Crippen LogP contribution in [0.15, 0.2) is 6.20 Å². The van der Waals surface area contributed by atoms with Crippen molar-refractivity contribution in [3.05, 3.63) is 16.1 Å². The van der Waals surface area contributed by atoms with E-state index in [4.69, 9.17) is 0 Å². The third-order valence-electron chi connectivity index (χ3n) is 2.35. The molecule has 1 aromatic heterocycles. The molecule has 0 radical (unpaired) electrons. The van der Waals surface area contributed by atoms with E-state index in [1.165, 1.54) is 29.1 Å². The number of nitrogens with one attached hydrogen (secondary N) is 1. The third kappa shape index (κ3) is 3.76. The van der Waals surface area contributed by atoms with Crippen LogP contribution in [0.2, 0.25) is 0 Å². The third-order valence-corrected chi connectivity index (χ3v) is 3.28. The number of hydrogen-bond donors (Lipinski definition) is 1. The van der Waals surface area contributed by atoms with Gasteiger partial charge in [-0.05, 0) is 39.3 Å². The lowest BCUT2D eigenvalue weighted by Crippen LogP contribution is -2.20. The van der Waals surface area contributed by atoms with Gasteiger partial charge in [-0.2, -0.15) is 0 Å². The molecule has 0 aliphatic heterocycles. The maximum Gasteiger partial charge on any atom is 0.0896 e. The topological polar surface area (TPSA) is 24.9 Å². The molecule has 0 saturated carbocycles. The molecule has 0 spiro atoms. The van der Waals surface area contributed by atoms with Crippen molar-refractivity contribution in [3.8, 4) is 0 Å². The first-order valence-corrected chi connectivity index (χ1v) is 6.13. The maximum absolute atomic E-state index is 4.29. The lowest BCUT2D eigenvalue weighted by Gasteiger charge is -2.13. The first-order chi connectivity index (χ1) is 6.76. The van der Waals surface area contributed by atoms with Gasteiger partial charge in [0, 0.05) is 11.1 Å². The quantitative estimate of drug-likeness (QED) is 0.784. The van der Waals surface area contributed by atoms with Crippen molar-refractivity contribution in [2.45, 2.75) is 33.1 Å². The molecule has 0 amide bonds. The Morgan fingerprint density at radius 3 is 2.86 bits per heavy atom. The molecule has 80 valence electrons. The Bertz CT molecular complexity index is 252. The van der Waals surface area contributed by atoms with Crippen molar-refractivity contribution in [2.24, 2.45) is 5.92 Å². The highest BCUT2D eigenvalue weighted by Gasteiger charge is 2.09. The van der Waals surface area contributed by atoms with Gasteiger partial charge in [0.1, 0.15) is 0 Å². The van der Waals surface area contributed by atoms with Crippen molar-refractivity contribution >= 4 is 11.3 Å². The standard InChI is InChI=1S/C11H20N2S/c1-4-5-10(7-12-3)6-11-8-13-9(2)14-11/h8,10,12H,4-7H2,1-3H3. The van der Waals surface area contributed by atoms with Gasteiger partial charge in [0.15, 0.2) is 0 Å². The molecular formula is C11H20N2S. The molecule has 1 N–H and O–H groups in total. The van der Waals surface area contributed by atoms with Gasteiger partial charge in [-0.15, -0.1) is 11.3 Å². The van der Waals surface area contributed by atoms with Crippen LogP contribution in [0, 0.1) is 12.8 Å². The fourth-order valence-electron chi connectivity index (χ4n) is 1.76. The van der Waals surface area contributed by atoms with Gasteiger partial charge in [0.25, 0.3) is 0 Å². The van der Waals surface area contributed by atoms with E-state index < -0.39 is 0 Å². The summed E-state index contributed by atoms with van der Waals surface area (Å²) in [6.45, 7) is 5.44. The largest absolute Gasteiger partial charge is 0.319 e. The number of thiazole rings is 1. The van der Waals surface area contributed by atoms with Crippen LogP contribution in [-0.4, -0.2) is 18.6 Å². The molecule has 1 atom stereocenters. The minimum absolute atomic E-state index is 0.768. The molecule has 0 aromatic carbocycles. The summed E-state index contributed by atoms with van der Waals surface area (Å²) in [5, 5.41) is 4.44. The van der Waals surface area contributed by atoms with Crippen LogP contribution in [0.1, 0.15) is 29.7 Å². The van der Waals surface area contributed by atoms with E-state index >= 15 is 0 Å². The van der Waals surface area contributed by atoms with Crippen LogP contribution in [0.3, 0.4) is 0 Å². The molecular weight excluding hydrogens is 192 g/mol. The molecule has 0 aliphatic carbocycles. The van der Waals surface area contributed by atoms with E-state index in [0.717, 1.165) is 12.5 Å². The van der Waals surface area contributed by atoms with Crippen LogP contribution in [0.4, 0.5) is 0 Å². The van der Waals surface area contributed by atoms with Gasteiger partial charge in [0.05, 0.1) is 5.01 Å². The summed E-state index contributed by atoms with van der Waals surface area (Å²) in [5.41, 5.74) is 0. The maximum atomic E-state index is 4.29. The van der Waals surface area contributed by atoms with E-state index in [2.05, 4.69) is 24.1 Å². The fraction of sp³-hybridized carbons (Fsp3) is 0.727. The molecule has 1 aromatic rings. The van der Waals surface area contributed by atoms with Crippen LogP contribution in [0.25, 0.3) is 0 Å². The number of hydrogen-bond acceptors (Lipinski definition) is 3. The van der Waals surface area contributed by atoms with Crippen molar-refractivity contribution in [3.63, 3.8) is 0 Å². The molecule has 0 fully saturated rings. The zero-order valence-electron chi connectivity index (χ0n) is 9.34. The molecule has 2 nitrogen and oxygen atoms in total. The average molecular weight is 212 g/mol. The highest BCUT2D eigenvalue weighted by atomic mass is 32.1. The van der Waals surface area contributed by atoms with Crippen molar-refractivity contribution in [2.75, 3.05) is 13.6 Å². The lowest BCUT2D eigenvalue weighted by atomic mass is 9.99. The summed E-state index contributed by atoms with van der Waals surface area (Å²) in [6.07, 6.45) is 5.78. The van der Waals surface area contributed by atoms with Gasteiger partial charge < -0.3 is 5.32 Å². The SMILES string of the molecule is CCCC(CNC)Cc1cnc(C)s1. The molecule has 1 rings (SSSR count). The highest BCUT2D eigenvalue weighted by molar-refractivity contribution is 7.11. The lowest BCUT2D eigenvalue weighted by molar-refractivity contribution is 0.458. The van der Waals surface area contributed by atoms with E-state index in [1.54, 1.807) is 0 Å². The molecule has 1 heterocycles. The minimum Gasteiger partial charge on any atom is -0.319 e. The van der Waals surface area contributed by atoms with Gasteiger partial charge in [-0.1, -0.05) is 13.3 Å². The van der Waals surface area contributed by atoms with Crippen molar-refractivity contribution in [1.29, 1.82) is 0 Å². The summed E-state index contributed by atoms with van der Waals surface area (Å²) in [4.78, 5) is 5.72. The number of nitrogens with zero attached hydrogens (tertiary/aromatic N) is 1. The first-order valence-electron chi connectivity index (χ1n) is 5.32. The van der Waals surface area contributed by atoms with E-state index in [1.807, 2.05) is 24.6 Å². The molecule has 1 unspecified atom stereocenters. The zero-order chi connectivity index (χ0) is 10.4. The number of aryl methyl sites for hydroxylation is 1. The highest BCUT2D eigenvalue weighted by Crippen LogP contribution is 2.18. The number of aromatic nitrogens is 1. The number of rotatable bonds is 6. The van der Waals surface area contributed by atoms with Gasteiger partial charge >= 0.3 is 0 Å². The predicted molar refractivity (Wildman–Crippen MR) is 62.9 cm³/mol. The zero-order valence-corrected chi connectivity index (χ0v) is 10.2. The molecule has 3 heteroatoms. The molecule has 0 saturated heterocycles. The molecule has 0 aliphatic rings. The second-order valence-corrected chi connectivity index (χ2v) is 5.08. The van der Waals surface area contributed by atoms with Crippen molar-refractivity contribution < 1.29 is 0 Å². The van der Waals surface area contributed by atoms with Crippen LogP contribution in [0.5, 0.6) is 0 Å². The minimum atomic E-state index is 0.768. The van der Waals surface area contributed by atoms with Crippen LogP contribution < -0.4 is 5.32 Å². The summed E-state index contributed by atoms with van der Waals surface area (Å²) >= 11 is 1.83. The van der Waals surface area contributed by atoms with Crippen LogP contribution in [-0.2, 0) is 6.42 Å². The first kappa shape index (κ1) is 11.7. The molecule has 0 bridgehead atoms.